The zero-order valence-corrected chi connectivity index (χ0v) is 22.5. The number of fused-ring (bicyclic) bond motifs is 2. The second-order valence-electron chi connectivity index (χ2n) is 9.99. The van der Waals surface area contributed by atoms with Crippen LogP contribution >= 0.6 is 0 Å². The fourth-order valence-electron chi connectivity index (χ4n) is 4.74. The van der Waals surface area contributed by atoms with Crippen LogP contribution in [0.2, 0.25) is 0 Å². The summed E-state index contributed by atoms with van der Waals surface area (Å²) < 4.78 is 7.89. The molecule has 0 fully saturated rings. The molecule has 0 saturated heterocycles. The van der Waals surface area contributed by atoms with Crippen molar-refractivity contribution in [3.8, 4) is 11.3 Å². The van der Waals surface area contributed by atoms with Gasteiger partial charge in [0.05, 0.1) is 16.9 Å². The number of aliphatic carboxylic acids is 1. The normalized spacial score (nSPS) is 14.1. The molecule has 0 spiro atoms. The largest absolute Gasteiger partial charge is 0.479 e. The Kier molecular flexibility index (Phi) is 7.64. The summed E-state index contributed by atoms with van der Waals surface area (Å²) in [7, 11) is 0. The number of benzene rings is 2. The third-order valence-corrected chi connectivity index (χ3v) is 6.26. The first-order valence-electron chi connectivity index (χ1n) is 12.9. The van der Waals surface area contributed by atoms with E-state index >= 15 is 0 Å². The van der Waals surface area contributed by atoms with E-state index in [0.29, 0.717) is 23.4 Å². The van der Waals surface area contributed by atoms with Crippen molar-refractivity contribution < 1.29 is 14.6 Å². The van der Waals surface area contributed by atoms with Gasteiger partial charge in [-0.15, -0.1) is 0 Å². The number of carboxylic acid groups (broad SMARTS) is 1. The van der Waals surface area contributed by atoms with Crippen LogP contribution in [0.15, 0.2) is 60.7 Å². The molecule has 1 atom stereocenters. The van der Waals surface area contributed by atoms with Crippen LogP contribution in [0.5, 0.6) is 0 Å². The Morgan fingerprint density at radius 3 is 2.32 bits per heavy atom. The number of nitrogens with zero attached hydrogens (tertiary/aromatic N) is 4. The van der Waals surface area contributed by atoms with E-state index in [1.54, 1.807) is 4.52 Å². The highest BCUT2D eigenvalue weighted by molar-refractivity contribution is 5.79. The molecule has 2 aromatic heterocycles. The van der Waals surface area contributed by atoms with Gasteiger partial charge in [0.2, 0.25) is 0 Å². The van der Waals surface area contributed by atoms with Crippen LogP contribution in [-0.4, -0.2) is 37.8 Å². The van der Waals surface area contributed by atoms with Crippen molar-refractivity contribution >= 4 is 17.4 Å². The van der Waals surface area contributed by atoms with Gasteiger partial charge in [0.1, 0.15) is 5.82 Å². The molecule has 5 rings (SSSR count). The number of aromatic nitrogens is 3. The van der Waals surface area contributed by atoms with Gasteiger partial charge in [0.25, 0.3) is 0 Å². The lowest BCUT2D eigenvalue weighted by Crippen LogP contribution is -2.35. The second kappa shape index (κ2) is 10.7. The summed E-state index contributed by atoms with van der Waals surface area (Å²) in [6.07, 6.45) is -0.313. The van der Waals surface area contributed by atoms with Gasteiger partial charge in [-0.25, -0.2) is 9.78 Å². The Hall–Kier alpha value is -3.71. The Balaban J connectivity index is 0.00000156. The van der Waals surface area contributed by atoms with E-state index in [9.17, 15) is 9.90 Å². The van der Waals surface area contributed by atoms with Crippen LogP contribution in [-0.2, 0) is 22.5 Å². The van der Waals surface area contributed by atoms with Crippen LogP contribution < -0.4 is 4.90 Å². The standard InChI is InChI=1S/C28H30N4O3.C2H6/c1-18-24(25(27(33)34)35-28(2,3)4)26(31-15-14-19-10-8-9-13-21(19)17-31)32-23(29-18)16-22(30-32)20-11-6-5-7-12-20;1-2/h5-13,16,25H,14-15,17H2,1-4H3,(H,33,34);1-2H3. The fraction of sp³-hybridized carbons (Fsp3) is 0.367. The first-order chi connectivity index (χ1) is 17.7. The van der Waals surface area contributed by atoms with Crippen LogP contribution in [0.3, 0.4) is 0 Å². The highest BCUT2D eigenvalue weighted by Gasteiger charge is 2.35. The maximum absolute atomic E-state index is 12.5. The molecule has 37 heavy (non-hydrogen) atoms. The maximum atomic E-state index is 12.5. The Labute approximate surface area is 218 Å². The molecule has 194 valence electrons. The quantitative estimate of drug-likeness (QED) is 0.350. The fourth-order valence-corrected chi connectivity index (χ4v) is 4.74. The number of hydrogen-bond acceptors (Lipinski definition) is 5. The average molecular weight is 501 g/mol. The van der Waals surface area contributed by atoms with Gasteiger partial charge in [-0.3, -0.25) is 0 Å². The number of rotatable bonds is 5. The summed E-state index contributed by atoms with van der Waals surface area (Å²) in [6, 6.07) is 20.3. The topological polar surface area (TPSA) is 80.0 Å². The molecule has 0 saturated carbocycles. The van der Waals surface area contributed by atoms with Crippen LogP contribution in [0, 0.1) is 6.92 Å². The zero-order valence-electron chi connectivity index (χ0n) is 22.5. The van der Waals surface area contributed by atoms with Gasteiger partial charge in [-0.2, -0.15) is 9.61 Å². The third-order valence-electron chi connectivity index (χ3n) is 6.26. The molecule has 7 nitrogen and oxygen atoms in total. The Bertz CT molecular complexity index is 1390. The van der Waals surface area contributed by atoms with E-state index in [1.165, 1.54) is 11.1 Å². The SMILES string of the molecule is CC.Cc1nc2cc(-c3ccccc3)nn2c(N2CCc3ccccc3C2)c1C(OC(C)(C)C)C(=O)O. The minimum absolute atomic E-state index is 0.544. The van der Waals surface area contributed by atoms with Crippen LogP contribution in [0.25, 0.3) is 16.9 Å². The molecular weight excluding hydrogens is 464 g/mol. The summed E-state index contributed by atoms with van der Waals surface area (Å²) >= 11 is 0. The maximum Gasteiger partial charge on any atom is 0.337 e. The minimum atomic E-state index is -1.18. The van der Waals surface area contributed by atoms with Crippen molar-refractivity contribution in [1.82, 2.24) is 14.6 Å². The number of aryl methyl sites for hydroxylation is 1. The highest BCUT2D eigenvalue weighted by Crippen LogP contribution is 2.37. The number of anilines is 1. The summed E-state index contributed by atoms with van der Waals surface area (Å²) in [5, 5.41) is 15.2. The van der Waals surface area contributed by atoms with Crippen molar-refractivity contribution in [2.45, 2.75) is 66.2 Å². The second-order valence-corrected chi connectivity index (χ2v) is 9.99. The van der Waals surface area contributed by atoms with Crippen LogP contribution in [0.4, 0.5) is 5.82 Å². The predicted octanol–water partition coefficient (Wildman–Crippen LogP) is 6.23. The number of ether oxygens (including phenoxy) is 1. The van der Waals surface area contributed by atoms with E-state index in [1.807, 2.05) is 84.0 Å². The van der Waals surface area contributed by atoms with Crippen molar-refractivity contribution in [1.29, 1.82) is 0 Å². The molecule has 1 unspecified atom stereocenters. The molecule has 0 bridgehead atoms. The molecule has 0 amide bonds. The molecule has 4 aromatic rings. The molecule has 1 aliphatic heterocycles. The van der Waals surface area contributed by atoms with Gasteiger partial charge < -0.3 is 14.7 Å². The van der Waals surface area contributed by atoms with Gasteiger partial charge in [0.15, 0.2) is 11.8 Å². The number of carboxylic acids is 1. The lowest BCUT2D eigenvalue weighted by molar-refractivity contribution is -0.160. The van der Waals surface area contributed by atoms with E-state index < -0.39 is 17.7 Å². The summed E-state index contributed by atoms with van der Waals surface area (Å²) in [4.78, 5) is 19.5. The van der Waals surface area contributed by atoms with E-state index in [-0.39, 0.29) is 0 Å². The zero-order chi connectivity index (χ0) is 26.7. The lowest BCUT2D eigenvalue weighted by atomic mass is 9.98. The third kappa shape index (κ3) is 5.52. The van der Waals surface area contributed by atoms with Crippen LogP contribution in [0.1, 0.15) is 63.1 Å². The molecular formula is C30H36N4O3. The summed E-state index contributed by atoms with van der Waals surface area (Å²) in [5.41, 5.74) is 5.51. The minimum Gasteiger partial charge on any atom is -0.479 e. The van der Waals surface area contributed by atoms with Gasteiger partial charge in [0, 0.05) is 30.4 Å². The smallest absolute Gasteiger partial charge is 0.337 e. The molecule has 0 radical (unpaired) electrons. The number of carbonyl (C=O) groups is 1. The van der Waals surface area contributed by atoms with E-state index in [0.717, 1.165) is 30.0 Å². The molecule has 2 aromatic carbocycles. The Morgan fingerprint density at radius 2 is 1.68 bits per heavy atom. The molecule has 1 N–H and O–H groups in total. The van der Waals surface area contributed by atoms with Crippen molar-refractivity contribution in [3.05, 3.63) is 83.0 Å². The van der Waals surface area contributed by atoms with Crippen molar-refractivity contribution in [2.24, 2.45) is 0 Å². The van der Waals surface area contributed by atoms with E-state index in [4.69, 9.17) is 14.8 Å². The molecule has 1 aliphatic rings. The van der Waals surface area contributed by atoms with Gasteiger partial charge in [-0.05, 0) is 45.2 Å². The van der Waals surface area contributed by atoms with Gasteiger partial charge >= 0.3 is 5.97 Å². The Morgan fingerprint density at radius 1 is 1.03 bits per heavy atom. The highest BCUT2D eigenvalue weighted by atomic mass is 16.5. The van der Waals surface area contributed by atoms with Gasteiger partial charge in [-0.1, -0.05) is 68.4 Å². The average Bonchev–Trinajstić information content (AvgIpc) is 3.31. The molecule has 7 heteroatoms. The molecule has 0 aliphatic carbocycles. The monoisotopic (exact) mass is 500 g/mol. The van der Waals surface area contributed by atoms with E-state index in [2.05, 4.69) is 23.1 Å². The first kappa shape index (κ1) is 26.4. The summed E-state index contributed by atoms with van der Waals surface area (Å²) in [5.74, 6) is -0.320. The first-order valence-corrected chi connectivity index (χ1v) is 12.9. The molecule has 3 heterocycles. The predicted molar refractivity (Wildman–Crippen MR) is 147 cm³/mol. The van der Waals surface area contributed by atoms with Crippen molar-refractivity contribution in [2.75, 3.05) is 11.4 Å². The lowest BCUT2D eigenvalue weighted by Gasteiger charge is -2.34. The summed E-state index contributed by atoms with van der Waals surface area (Å²) in [6.45, 7) is 12.8. The van der Waals surface area contributed by atoms with Crippen molar-refractivity contribution in [3.63, 3.8) is 0 Å². The number of hydrogen-bond donors (Lipinski definition) is 1.